The van der Waals surface area contributed by atoms with Gasteiger partial charge in [-0.1, -0.05) is 0 Å². The summed E-state index contributed by atoms with van der Waals surface area (Å²) in [5, 5.41) is 0. The molecule has 0 amide bonds. The third-order valence-corrected chi connectivity index (χ3v) is 5.23. The molecule has 0 aromatic carbocycles. The number of hydrogen-bond donors (Lipinski definition) is 0. The van der Waals surface area contributed by atoms with E-state index in [1.54, 1.807) is 0 Å². The monoisotopic (exact) mass is 208 g/mol. The zero-order chi connectivity index (χ0) is 10.0. The minimum absolute atomic E-state index is 0.00150. The van der Waals surface area contributed by atoms with E-state index < -0.39 is 0 Å². The Kier molecular flexibility index (Phi) is 1.53. The molecule has 82 valence electrons. The maximum atomic E-state index is 11.4. The Balaban J connectivity index is 1.81. The Morgan fingerprint density at radius 3 is 2.87 bits per heavy atom. The Morgan fingerprint density at radius 1 is 1.13 bits per heavy atom. The van der Waals surface area contributed by atoms with Crippen LogP contribution in [0, 0.1) is 29.1 Å². The van der Waals surface area contributed by atoms with E-state index in [1.165, 1.54) is 19.1 Å². The standard InChI is InChI=1S/C12H16O3/c13-6-12-3-9(12)7-1-2-8-10(12)5-15-11(8)14-4-7/h6-11H,1-5H2/t7?,8-,9?,10-,11+,12?/m1/s1. The smallest absolute Gasteiger partial charge is 0.160 e. The molecule has 0 radical (unpaired) electrons. The molecule has 0 spiro atoms. The SMILES string of the molecule is O=CC12CC1C1CC[C@H]3[C@@H](OC1)OC[C@H]32. The molecular weight excluding hydrogens is 192 g/mol. The second kappa shape index (κ2) is 2.64. The van der Waals surface area contributed by atoms with Gasteiger partial charge < -0.3 is 14.3 Å². The number of carbonyl (C=O) groups excluding carboxylic acids is 1. The average molecular weight is 208 g/mol. The molecule has 3 nitrogen and oxygen atoms in total. The third kappa shape index (κ3) is 0.918. The number of aldehydes is 1. The van der Waals surface area contributed by atoms with Crippen LogP contribution in [0.25, 0.3) is 0 Å². The Labute approximate surface area is 89.1 Å². The van der Waals surface area contributed by atoms with Crippen molar-refractivity contribution in [2.45, 2.75) is 25.6 Å². The van der Waals surface area contributed by atoms with Gasteiger partial charge in [0.15, 0.2) is 6.29 Å². The maximum absolute atomic E-state index is 11.4. The van der Waals surface area contributed by atoms with Crippen LogP contribution < -0.4 is 0 Å². The highest BCUT2D eigenvalue weighted by Crippen LogP contribution is 2.67. The van der Waals surface area contributed by atoms with Crippen LogP contribution >= 0.6 is 0 Å². The molecule has 0 aromatic heterocycles. The summed E-state index contributed by atoms with van der Waals surface area (Å²) in [7, 11) is 0. The van der Waals surface area contributed by atoms with Crippen LogP contribution in [0.2, 0.25) is 0 Å². The fraction of sp³-hybridized carbons (Fsp3) is 0.917. The van der Waals surface area contributed by atoms with Gasteiger partial charge in [0.1, 0.15) is 6.29 Å². The zero-order valence-corrected chi connectivity index (χ0v) is 8.72. The van der Waals surface area contributed by atoms with Crippen molar-refractivity contribution in [2.75, 3.05) is 13.2 Å². The largest absolute Gasteiger partial charge is 0.352 e. The van der Waals surface area contributed by atoms with Crippen molar-refractivity contribution in [1.82, 2.24) is 0 Å². The first-order valence-corrected chi connectivity index (χ1v) is 6.05. The molecule has 4 aliphatic rings. The van der Waals surface area contributed by atoms with Gasteiger partial charge >= 0.3 is 0 Å². The Bertz CT molecular complexity index is 314. The van der Waals surface area contributed by atoms with Gasteiger partial charge in [0, 0.05) is 17.3 Å². The first-order valence-electron chi connectivity index (χ1n) is 6.05. The number of carbonyl (C=O) groups is 1. The number of rotatable bonds is 1. The summed E-state index contributed by atoms with van der Waals surface area (Å²) in [5.41, 5.74) is -0.00956. The van der Waals surface area contributed by atoms with Gasteiger partial charge in [-0.25, -0.2) is 0 Å². The molecule has 2 heterocycles. The van der Waals surface area contributed by atoms with Crippen LogP contribution in [0.4, 0.5) is 0 Å². The Hall–Kier alpha value is -0.410. The predicted molar refractivity (Wildman–Crippen MR) is 52.0 cm³/mol. The van der Waals surface area contributed by atoms with Crippen molar-refractivity contribution in [3.8, 4) is 0 Å². The van der Waals surface area contributed by atoms with Crippen LogP contribution in [-0.4, -0.2) is 25.8 Å². The normalized spacial score (nSPS) is 60.7. The van der Waals surface area contributed by atoms with E-state index in [0.717, 1.165) is 19.6 Å². The zero-order valence-electron chi connectivity index (χ0n) is 8.72. The van der Waals surface area contributed by atoms with Crippen LogP contribution in [0.5, 0.6) is 0 Å². The third-order valence-electron chi connectivity index (χ3n) is 5.23. The fourth-order valence-corrected chi connectivity index (χ4v) is 4.30. The molecule has 6 atom stereocenters. The average Bonchev–Trinajstić information content (AvgIpc) is 2.92. The van der Waals surface area contributed by atoms with Gasteiger partial charge in [-0.3, -0.25) is 0 Å². The highest BCUT2D eigenvalue weighted by molar-refractivity contribution is 5.66. The van der Waals surface area contributed by atoms with Gasteiger partial charge in [-0.15, -0.1) is 0 Å². The molecule has 2 saturated heterocycles. The second-order valence-corrected chi connectivity index (χ2v) is 5.68. The van der Waals surface area contributed by atoms with E-state index >= 15 is 0 Å². The number of hydrogen-bond acceptors (Lipinski definition) is 3. The van der Waals surface area contributed by atoms with E-state index in [-0.39, 0.29) is 11.7 Å². The lowest BCUT2D eigenvalue weighted by molar-refractivity contribution is -0.134. The highest BCUT2D eigenvalue weighted by Gasteiger charge is 2.68. The lowest BCUT2D eigenvalue weighted by atomic mass is 9.80. The first kappa shape index (κ1) is 8.71. The Morgan fingerprint density at radius 2 is 2.00 bits per heavy atom. The molecule has 0 N–H and O–H groups in total. The number of ether oxygens (including phenoxy) is 2. The molecule has 15 heavy (non-hydrogen) atoms. The van der Waals surface area contributed by atoms with E-state index in [9.17, 15) is 4.79 Å². The molecule has 4 rings (SSSR count). The first-order chi connectivity index (χ1) is 7.35. The summed E-state index contributed by atoms with van der Waals surface area (Å²) < 4.78 is 11.5. The van der Waals surface area contributed by atoms with E-state index in [1.807, 2.05) is 0 Å². The molecule has 3 heteroatoms. The van der Waals surface area contributed by atoms with Gasteiger partial charge in [-0.2, -0.15) is 0 Å². The fourth-order valence-electron chi connectivity index (χ4n) is 4.30. The predicted octanol–water partition coefficient (Wildman–Crippen LogP) is 1.22. The van der Waals surface area contributed by atoms with Gasteiger partial charge in [-0.05, 0) is 31.1 Å². The summed E-state index contributed by atoms with van der Waals surface area (Å²) in [6.45, 7) is 1.56. The molecule has 4 fully saturated rings. The van der Waals surface area contributed by atoms with Crippen LogP contribution in [0.3, 0.4) is 0 Å². The van der Waals surface area contributed by atoms with Gasteiger partial charge in [0.05, 0.1) is 13.2 Å². The van der Waals surface area contributed by atoms with Crippen molar-refractivity contribution in [3.05, 3.63) is 0 Å². The molecule has 2 saturated carbocycles. The van der Waals surface area contributed by atoms with Crippen LogP contribution in [0.1, 0.15) is 19.3 Å². The summed E-state index contributed by atoms with van der Waals surface area (Å²) in [6, 6.07) is 0. The van der Waals surface area contributed by atoms with Crippen LogP contribution in [-0.2, 0) is 14.3 Å². The quantitative estimate of drug-likeness (QED) is 0.608. The summed E-state index contributed by atoms with van der Waals surface area (Å²) in [5.74, 6) is 2.17. The summed E-state index contributed by atoms with van der Waals surface area (Å²) >= 11 is 0. The minimum atomic E-state index is -0.00956. The van der Waals surface area contributed by atoms with E-state index in [2.05, 4.69) is 0 Å². The topological polar surface area (TPSA) is 35.5 Å². The lowest BCUT2D eigenvalue weighted by Gasteiger charge is -2.26. The lowest BCUT2D eigenvalue weighted by Crippen LogP contribution is -2.31. The van der Waals surface area contributed by atoms with E-state index in [4.69, 9.17) is 9.47 Å². The second-order valence-electron chi connectivity index (χ2n) is 5.68. The summed E-state index contributed by atoms with van der Waals surface area (Å²) in [6.07, 6.45) is 4.78. The van der Waals surface area contributed by atoms with Crippen molar-refractivity contribution in [1.29, 1.82) is 0 Å². The molecule has 3 unspecified atom stereocenters. The van der Waals surface area contributed by atoms with E-state index in [0.29, 0.717) is 23.7 Å². The minimum Gasteiger partial charge on any atom is -0.352 e. The number of fused-ring (bicyclic) bond motifs is 5. The molecule has 2 bridgehead atoms. The molecular formula is C12H16O3. The van der Waals surface area contributed by atoms with Gasteiger partial charge in [0.25, 0.3) is 0 Å². The molecule has 0 aromatic rings. The maximum Gasteiger partial charge on any atom is 0.160 e. The van der Waals surface area contributed by atoms with Crippen molar-refractivity contribution in [2.24, 2.45) is 29.1 Å². The summed E-state index contributed by atoms with van der Waals surface area (Å²) in [4.78, 5) is 11.4. The van der Waals surface area contributed by atoms with Crippen molar-refractivity contribution >= 4 is 6.29 Å². The van der Waals surface area contributed by atoms with Gasteiger partial charge in [0.2, 0.25) is 0 Å². The molecule has 2 aliphatic carbocycles. The van der Waals surface area contributed by atoms with Crippen LogP contribution in [0.15, 0.2) is 0 Å². The van der Waals surface area contributed by atoms with Crippen molar-refractivity contribution < 1.29 is 14.3 Å². The van der Waals surface area contributed by atoms with Crippen molar-refractivity contribution in [3.63, 3.8) is 0 Å². The highest BCUT2D eigenvalue weighted by atomic mass is 16.7. The molecule has 2 aliphatic heterocycles.